The summed E-state index contributed by atoms with van der Waals surface area (Å²) < 4.78 is 27.3. The first-order valence-corrected chi connectivity index (χ1v) is 7.04. The Hall–Kier alpha value is -1.80. The van der Waals surface area contributed by atoms with Crippen molar-refractivity contribution in [1.82, 2.24) is 4.90 Å². The third-order valence-electron chi connectivity index (χ3n) is 2.70. The Kier molecular flexibility index (Phi) is 4.69. The molecule has 1 aliphatic heterocycles. The molecule has 0 aliphatic carbocycles. The Morgan fingerprint density at radius 3 is 2.57 bits per heavy atom. The summed E-state index contributed by atoms with van der Waals surface area (Å²) in [6.45, 7) is -0.0723. The Balaban J connectivity index is 2.26. The predicted molar refractivity (Wildman–Crippen MR) is 78.5 cm³/mol. The quantitative estimate of drug-likeness (QED) is 0.680. The van der Waals surface area contributed by atoms with Crippen molar-refractivity contribution in [3.8, 4) is 0 Å². The molecule has 0 saturated carbocycles. The highest BCUT2D eigenvalue weighted by molar-refractivity contribution is 8.26. The number of nitrogens with zero attached hydrogens (tertiary/aromatic N) is 1. The van der Waals surface area contributed by atoms with Crippen LogP contribution >= 0.6 is 24.0 Å². The Labute approximate surface area is 128 Å². The molecule has 1 aromatic rings. The summed E-state index contributed by atoms with van der Waals surface area (Å²) in [5.74, 6) is -3.18. The molecule has 8 heteroatoms. The molecule has 1 aromatic carbocycles. The van der Waals surface area contributed by atoms with Crippen LogP contribution in [0.4, 0.5) is 8.78 Å². The minimum absolute atomic E-state index is 0.0642. The number of amides is 1. The van der Waals surface area contributed by atoms with Gasteiger partial charge in [0, 0.05) is 12.1 Å². The van der Waals surface area contributed by atoms with Crippen molar-refractivity contribution >= 4 is 46.3 Å². The van der Waals surface area contributed by atoms with E-state index in [1.165, 1.54) is 6.07 Å². The SMILES string of the molecule is O=C(O)CCN1C(=O)C(=Cc2c(F)cccc2F)SC1=S. The van der Waals surface area contributed by atoms with Crippen molar-refractivity contribution in [2.24, 2.45) is 0 Å². The van der Waals surface area contributed by atoms with Gasteiger partial charge in [-0.05, 0) is 18.2 Å². The fourth-order valence-corrected chi connectivity index (χ4v) is 2.97. The number of carbonyl (C=O) groups excluding carboxylic acids is 1. The molecule has 1 heterocycles. The second kappa shape index (κ2) is 6.31. The molecule has 2 rings (SSSR count). The molecular formula is C13H9F2NO3S2. The molecule has 0 bridgehead atoms. The number of carbonyl (C=O) groups is 2. The number of halogens is 2. The Morgan fingerprint density at radius 1 is 1.38 bits per heavy atom. The first kappa shape index (κ1) is 15.6. The zero-order valence-electron chi connectivity index (χ0n) is 10.5. The molecule has 0 spiro atoms. The van der Waals surface area contributed by atoms with E-state index in [0.717, 1.165) is 34.9 Å². The van der Waals surface area contributed by atoms with Gasteiger partial charge in [0.15, 0.2) is 0 Å². The molecule has 21 heavy (non-hydrogen) atoms. The second-order valence-corrected chi connectivity index (χ2v) is 5.79. The van der Waals surface area contributed by atoms with E-state index in [1.54, 1.807) is 0 Å². The zero-order chi connectivity index (χ0) is 15.6. The van der Waals surface area contributed by atoms with Gasteiger partial charge in [0.2, 0.25) is 0 Å². The Bertz CT molecular complexity index is 641. The van der Waals surface area contributed by atoms with Gasteiger partial charge < -0.3 is 5.11 Å². The van der Waals surface area contributed by atoms with Crippen molar-refractivity contribution in [3.05, 3.63) is 40.3 Å². The molecule has 0 atom stereocenters. The lowest BCUT2D eigenvalue weighted by Crippen LogP contribution is -2.30. The first-order chi connectivity index (χ1) is 9.90. The smallest absolute Gasteiger partial charge is 0.305 e. The van der Waals surface area contributed by atoms with E-state index in [0.29, 0.717) is 0 Å². The van der Waals surface area contributed by atoms with Gasteiger partial charge in [-0.15, -0.1) is 0 Å². The molecule has 1 saturated heterocycles. The van der Waals surface area contributed by atoms with Crippen LogP contribution in [0.5, 0.6) is 0 Å². The number of thioether (sulfide) groups is 1. The summed E-state index contributed by atoms with van der Waals surface area (Å²) in [4.78, 5) is 23.8. The van der Waals surface area contributed by atoms with E-state index in [2.05, 4.69) is 0 Å². The topological polar surface area (TPSA) is 57.6 Å². The van der Waals surface area contributed by atoms with Gasteiger partial charge in [-0.3, -0.25) is 14.5 Å². The molecule has 1 amide bonds. The lowest BCUT2D eigenvalue weighted by molar-refractivity contribution is -0.137. The van der Waals surface area contributed by atoms with Gasteiger partial charge >= 0.3 is 5.97 Å². The maximum Gasteiger partial charge on any atom is 0.305 e. The molecule has 0 radical (unpaired) electrons. The maximum atomic E-state index is 13.5. The van der Waals surface area contributed by atoms with Crippen LogP contribution in [0.3, 0.4) is 0 Å². The standard InChI is InChI=1S/C13H9F2NO3S2/c14-8-2-1-3-9(15)7(8)6-10-12(19)16(13(20)21-10)5-4-11(17)18/h1-3,6H,4-5H2,(H,17,18). The van der Waals surface area contributed by atoms with Gasteiger partial charge in [-0.1, -0.05) is 30.0 Å². The van der Waals surface area contributed by atoms with Crippen LogP contribution in [-0.2, 0) is 9.59 Å². The average molecular weight is 329 g/mol. The number of hydrogen-bond donors (Lipinski definition) is 1. The van der Waals surface area contributed by atoms with Gasteiger partial charge in [0.1, 0.15) is 16.0 Å². The van der Waals surface area contributed by atoms with Gasteiger partial charge in [0.25, 0.3) is 5.91 Å². The number of thiocarbonyl (C=S) groups is 1. The molecule has 0 unspecified atom stereocenters. The van der Waals surface area contributed by atoms with E-state index in [1.807, 2.05) is 0 Å². The fraction of sp³-hybridized carbons (Fsp3) is 0.154. The largest absolute Gasteiger partial charge is 0.481 e. The van der Waals surface area contributed by atoms with E-state index < -0.39 is 23.5 Å². The van der Waals surface area contributed by atoms with Gasteiger partial charge in [-0.25, -0.2) is 8.78 Å². The minimum Gasteiger partial charge on any atom is -0.481 e. The molecule has 1 aliphatic rings. The summed E-state index contributed by atoms with van der Waals surface area (Å²) in [5, 5.41) is 8.62. The molecule has 0 aromatic heterocycles. The summed E-state index contributed by atoms with van der Waals surface area (Å²) in [5.41, 5.74) is -0.323. The van der Waals surface area contributed by atoms with Crippen LogP contribution in [0, 0.1) is 11.6 Å². The second-order valence-electron chi connectivity index (χ2n) is 4.11. The fourth-order valence-electron chi connectivity index (χ4n) is 1.68. The van der Waals surface area contributed by atoms with Gasteiger partial charge in [0.05, 0.1) is 11.3 Å². The number of rotatable bonds is 4. The monoisotopic (exact) mass is 329 g/mol. The molecule has 1 fully saturated rings. The molecule has 4 nitrogen and oxygen atoms in total. The highest BCUT2D eigenvalue weighted by atomic mass is 32.2. The third-order valence-corrected chi connectivity index (χ3v) is 4.08. The summed E-state index contributed by atoms with van der Waals surface area (Å²) in [6, 6.07) is 3.39. The van der Waals surface area contributed by atoms with Crippen LogP contribution in [0.1, 0.15) is 12.0 Å². The highest BCUT2D eigenvalue weighted by Gasteiger charge is 2.32. The lowest BCUT2D eigenvalue weighted by atomic mass is 10.2. The minimum atomic E-state index is -1.06. The van der Waals surface area contributed by atoms with Crippen molar-refractivity contribution in [3.63, 3.8) is 0 Å². The third kappa shape index (κ3) is 3.45. The van der Waals surface area contributed by atoms with Crippen LogP contribution in [0.15, 0.2) is 23.1 Å². The summed E-state index contributed by atoms with van der Waals surface area (Å²) in [6.07, 6.45) is 0.832. The molecule has 1 N–H and O–H groups in total. The highest BCUT2D eigenvalue weighted by Crippen LogP contribution is 2.33. The average Bonchev–Trinajstić information content (AvgIpc) is 2.67. The zero-order valence-corrected chi connectivity index (χ0v) is 12.1. The maximum absolute atomic E-state index is 13.5. The van der Waals surface area contributed by atoms with Crippen molar-refractivity contribution in [1.29, 1.82) is 0 Å². The number of carboxylic acids is 1. The first-order valence-electron chi connectivity index (χ1n) is 5.81. The Morgan fingerprint density at radius 2 is 2.00 bits per heavy atom. The van der Waals surface area contributed by atoms with Crippen molar-refractivity contribution < 1.29 is 23.5 Å². The van der Waals surface area contributed by atoms with Gasteiger partial charge in [-0.2, -0.15) is 0 Å². The number of benzene rings is 1. The van der Waals surface area contributed by atoms with E-state index in [4.69, 9.17) is 17.3 Å². The summed E-state index contributed by atoms with van der Waals surface area (Å²) in [7, 11) is 0. The number of hydrogen-bond acceptors (Lipinski definition) is 4. The van der Waals surface area contributed by atoms with E-state index in [9.17, 15) is 18.4 Å². The molecular weight excluding hydrogens is 320 g/mol. The lowest BCUT2D eigenvalue weighted by Gasteiger charge is -2.12. The van der Waals surface area contributed by atoms with E-state index in [-0.39, 0.29) is 27.8 Å². The van der Waals surface area contributed by atoms with Crippen LogP contribution in [0.25, 0.3) is 6.08 Å². The molecule has 110 valence electrons. The van der Waals surface area contributed by atoms with Crippen molar-refractivity contribution in [2.45, 2.75) is 6.42 Å². The summed E-state index contributed by atoms with van der Waals surface area (Å²) >= 11 is 5.86. The normalized spacial score (nSPS) is 16.9. The number of carboxylic acid groups (broad SMARTS) is 1. The van der Waals surface area contributed by atoms with Crippen LogP contribution in [-0.4, -0.2) is 32.7 Å². The van der Waals surface area contributed by atoms with Crippen molar-refractivity contribution in [2.75, 3.05) is 6.54 Å². The van der Waals surface area contributed by atoms with Crippen LogP contribution < -0.4 is 0 Å². The van der Waals surface area contributed by atoms with E-state index >= 15 is 0 Å². The predicted octanol–water partition coefficient (Wildman–Crippen LogP) is 2.64. The number of aliphatic carboxylic acids is 1. The van der Waals surface area contributed by atoms with Crippen LogP contribution in [0.2, 0.25) is 0 Å².